The van der Waals surface area contributed by atoms with Gasteiger partial charge in [-0.2, -0.15) is 0 Å². The molecule has 3 nitrogen and oxygen atoms in total. The zero-order valence-electron chi connectivity index (χ0n) is 11.4. The van der Waals surface area contributed by atoms with Crippen molar-refractivity contribution < 1.29 is 9.90 Å². The van der Waals surface area contributed by atoms with Crippen molar-refractivity contribution >= 4 is 5.91 Å². The van der Waals surface area contributed by atoms with E-state index in [1.165, 1.54) is 19.3 Å². The van der Waals surface area contributed by atoms with Crippen molar-refractivity contribution in [3.05, 3.63) is 0 Å². The minimum Gasteiger partial charge on any atom is -0.388 e. The van der Waals surface area contributed by atoms with Gasteiger partial charge in [0.25, 0.3) is 0 Å². The Morgan fingerprint density at radius 1 is 1.29 bits per heavy atom. The van der Waals surface area contributed by atoms with Crippen LogP contribution in [0.5, 0.6) is 0 Å². The molecule has 1 saturated heterocycles. The number of aliphatic hydroxyl groups is 1. The minimum absolute atomic E-state index is 0.224. The molecule has 1 fully saturated rings. The van der Waals surface area contributed by atoms with Crippen LogP contribution in [-0.2, 0) is 4.79 Å². The molecule has 1 aliphatic heterocycles. The molecule has 1 amide bonds. The fourth-order valence-electron chi connectivity index (χ4n) is 2.47. The number of rotatable bonds is 6. The van der Waals surface area contributed by atoms with Gasteiger partial charge in [0.15, 0.2) is 0 Å². The Hall–Kier alpha value is -0.570. The summed E-state index contributed by atoms with van der Waals surface area (Å²) >= 11 is 0. The van der Waals surface area contributed by atoms with Gasteiger partial charge in [-0.1, -0.05) is 32.6 Å². The van der Waals surface area contributed by atoms with Gasteiger partial charge in [-0.05, 0) is 26.2 Å². The maximum atomic E-state index is 11.9. The van der Waals surface area contributed by atoms with E-state index in [2.05, 4.69) is 6.92 Å². The molecule has 17 heavy (non-hydrogen) atoms. The van der Waals surface area contributed by atoms with Crippen LogP contribution in [0.4, 0.5) is 0 Å². The Morgan fingerprint density at radius 2 is 2.00 bits per heavy atom. The first-order valence-corrected chi connectivity index (χ1v) is 7.05. The molecular weight excluding hydrogens is 214 g/mol. The van der Waals surface area contributed by atoms with E-state index in [-0.39, 0.29) is 5.91 Å². The summed E-state index contributed by atoms with van der Waals surface area (Å²) in [6, 6.07) is 0. The summed E-state index contributed by atoms with van der Waals surface area (Å²) in [6.45, 7) is 5.36. The summed E-state index contributed by atoms with van der Waals surface area (Å²) in [6.07, 6.45) is 8.29. The normalized spacial score (nSPS) is 25.0. The number of hydrogen-bond acceptors (Lipinski definition) is 2. The summed E-state index contributed by atoms with van der Waals surface area (Å²) in [5, 5.41) is 9.94. The van der Waals surface area contributed by atoms with Crippen molar-refractivity contribution in [3.8, 4) is 0 Å². The van der Waals surface area contributed by atoms with E-state index in [1.54, 1.807) is 0 Å². The highest BCUT2D eigenvalue weighted by Gasteiger charge is 2.30. The van der Waals surface area contributed by atoms with Gasteiger partial charge in [0.2, 0.25) is 5.91 Å². The number of hydrogen-bond donors (Lipinski definition) is 1. The van der Waals surface area contributed by atoms with Crippen molar-refractivity contribution in [2.45, 2.75) is 70.8 Å². The lowest BCUT2D eigenvalue weighted by Crippen LogP contribution is -2.48. The van der Waals surface area contributed by atoms with E-state index in [0.717, 1.165) is 32.2 Å². The van der Waals surface area contributed by atoms with Gasteiger partial charge in [-0.25, -0.2) is 0 Å². The summed E-state index contributed by atoms with van der Waals surface area (Å²) in [4.78, 5) is 13.8. The Bertz CT molecular complexity index is 238. The Labute approximate surface area is 105 Å². The molecule has 1 atom stereocenters. The monoisotopic (exact) mass is 241 g/mol. The first-order chi connectivity index (χ1) is 8.05. The number of likely N-dealkylation sites (tertiary alicyclic amines) is 1. The Balaban J connectivity index is 2.18. The SMILES string of the molecule is CCCCCCCC(=O)N1CCCC(C)(O)C1. The first-order valence-electron chi connectivity index (χ1n) is 7.05. The van der Waals surface area contributed by atoms with Gasteiger partial charge >= 0.3 is 0 Å². The lowest BCUT2D eigenvalue weighted by atomic mass is 9.95. The third kappa shape index (κ3) is 5.53. The van der Waals surface area contributed by atoms with Crippen LogP contribution >= 0.6 is 0 Å². The van der Waals surface area contributed by atoms with E-state index in [4.69, 9.17) is 0 Å². The van der Waals surface area contributed by atoms with Gasteiger partial charge in [0.05, 0.1) is 5.60 Å². The molecule has 0 aromatic heterocycles. The van der Waals surface area contributed by atoms with Crippen LogP contribution in [-0.4, -0.2) is 34.6 Å². The number of carbonyl (C=O) groups excluding carboxylic acids is 1. The van der Waals surface area contributed by atoms with Crippen LogP contribution in [0.3, 0.4) is 0 Å². The van der Waals surface area contributed by atoms with Gasteiger partial charge in [0.1, 0.15) is 0 Å². The van der Waals surface area contributed by atoms with Gasteiger partial charge in [-0.15, -0.1) is 0 Å². The molecule has 1 unspecified atom stereocenters. The zero-order chi connectivity index (χ0) is 12.7. The van der Waals surface area contributed by atoms with E-state index in [0.29, 0.717) is 13.0 Å². The predicted octanol–water partition coefficient (Wildman–Crippen LogP) is 2.72. The molecule has 0 aromatic rings. The average molecular weight is 241 g/mol. The first kappa shape index (κ1) is 14.5. The fraction of sp³-hybridized carbons (Fsp3) is 0.929. The van der Waals surface area contributed by atoms with E-state index in [9.17, 15) is 9.90 Å². The van der Waals surface area contributed by atoms with Gasteiger partial charge < -0.3 is 10.0 Å². The standard InChI is InChI=1S/C14H27NO2/c1-3-4-5-6-7-9-13(16)15-11-8-10-14(2,17)12-15/h17H,3-12H2,1-2H3. The van der Waals surface area contributed by atoms with E-state index < -0.39 is 5.60 Å². The lowest BCUT2D eigenvalue weighted by molar-refractivity contribution is -0.137. The molecule has 3 heteroatoms. The van der Waals surface area contributed by atoms with Crippen molar-refractivity contribution in [2.24, 2.45) is 0 Å². The van der Waals surface area contributed by atoms with Crippen molar-refractivity contribution in [2.75, 3.05) is 13.1 Å². The maximum absolute atomic E-state index is 11.9. The molecule has 1 N–H and O–H groups in total. The molecule has 1 heterocycles. The Morgan fingerprint density at radius 3 is 2.65 bits per heavy atom. The average Bonchev–Trinajstić information content (AvgIpc) is 2.27. The van der Waals surface area contributed by atoms with Crippen LogP contribution in [0.25, 0.3) is 0 Å². The summed E-state index contributed by atoms with van der Waals surface area (Å²) < 4.78 is 0. The molecule has 1 aliphatic rings. The minimum atomic E-state index is -0.671. The van der Waals surface area contributed by atoms with Crippen LogP contribution in [0, 0.1) is 0 Å². The highest BCUT2D eigenvalue weighted by molar-refractivity contribution is 5.76. The summed E-state index contributed by atoms with van der Waals surface area (Å²) in [5.74, 6) is 0.224. The van der Waals surface area contributed by atoms with E-state index >= 15 is 0 Å². The number of carbonyl (C=O) groups is 1. The summed E-state index contributed by atoms with van der Waals surface area (Å²) in [7, 11) is 0. The Kier molecular flexibility index (Phi) is 5.96. The van der Waals surface area contributed by atoms with Crippen LogP contribution in [0.15, 0.2) is 0 Å². The number of piperidine rings is 1. The largest absolute Gasteiger partial charge is 0.388 e. The molecular formula is C14H27NO2. The smallest absolute Gasteiger partial charge is 0.222 e. The highest BCUT2D eigenvalue weighted by atomic mass is 16.3. The number of nitrogens with zero attached hydrogens (tertiary/aromatic N) is 1. The van der Waals surface area contributed by atoms with Gasteiger partial charge in [0, 0.05) is 19.5 Å². The van der Waals surface area contributed by atoms with E-state index in [1.807, 2.05) is 11.8 Å². The fourth-order valence-corrected chi connectivity index (χ4v) is 2.47. The molecule has 0 radical (unpaired) electrons. The molecule has 0 aliphatic carbocycles. The third-order valence-corrected chi connectivity index (χ3v) is 3.52. The topological polar surface area (TPSA) is 40.5 Å². The quantitative estimate of drug-likeness (QED) is 0.726. The van der Waals surface area contributed by atoms with Crippen molar-refractivity contribution in [1.29, 1.82) is 0 Å². The molecule has 0 aromatic carbocycles. The van der Waals surface area contributed by atoms with Gasteiger partial charge in [-0.3, -0.25) is 4.79 Å². The van der Waals surface area contributed by atoms with Crippen molar-refractivity contribution in [3.63, 3.8) is 0 Å². The van der Waals surface area contributed by atoms with Crippen LogP contribution in [0.1, 0.15) is 65.2 Å². The summed E-state index contributed by atoms with van der Waals surface area (Å²) in [5.41, 5.74) is -0.671. The molecule has 1 rings (SSSR count). The molecule has 100 valence electrons. The van der Waals surface area contributed by atoms with Crippen molar-refractivity contribution in [1.82, 2.24) is 4.90 Å². The second-order valence-corrected chi connectivity index (χ2v) is 5.58. The third-order valence-electron chi connectivity index (χ3n) is 3.52. The van der Waals surface area contributed by atoms with Crippen LogP contribution in [0.2, 0.25) is 0 Å². The predicted molar refractivity (Wildman–Crippen MR) is 69.8 cm³/mol. The molecule has 0 bridgehead atoms. The lowest BCUT2D eigenvalue weighted by Gasteiger charge is -2.36. The second-order valence-electron chi connectivity index (χ2n) is 5.58. The molecule has 0 saturated carbocycles. The number of unbranched alkanes of at least 4 members (excludes halogenated alkanes) is 4. The second kappa shape index (κ2) is 7.00. The van der Waals surface area contributed by atoms with Crippen LogP contribution < -0.4 is 0 Å². The highest BCUT2D eigenvalue weighted by Crippen LogP contribution is 2.21. The molecule has 0 spiro atoms. The maximum Gasteiger partial charge on any atom is 0.222 e. The number of β-amino-alcohol motifs (C(OH)–C–C–N with tert-alkyl or cyclic N) is 1. The zero-order valence-corrected chi connectivity index (χ0v) is 11.4. The number of amides is 1.